The molecule has 3 aliphatic heterocycles. The van der Waals surface area contributed by atoms with Gasteiger partial charge < -0.3 is 14.4 Å². The summed E-state index contributed by atoms with van der Waals surface area (Å²) in [4.78, 5) is 9.56. The largest absolute Gasteiger partial charge is 0.490 e. The van der Waals surface area contributed by atoms with Crippen molar-refractivity contribution in [2.45, 2.75) is 24.7 Å². The molecule has 4 heterocycles. The van der Waals surface area contributed by atoms with Gasteiger partial charge in [-0.25, -0.2) is 4.98 Å². The van der Waals surface area contributed by atoms with Crippen molar-refractivity contribution in [1.29, 1.82) is 0 Å². The molecule has 0 N–H and O–H groups in total. The van der Waals surface area contributed by atoms with Gasteiger partial charge in [0, 0.05) is 24.4 Å². The summed E-state index contributed by atoms with van der Waals surface area (Å²) in [5, 5.41) is 0.0998. The van der Waals surface area contributed by atoms with Crippen molar-refractivity contribution < 1.29 is 31.4 Å². The monoisotopic (exact) mass is 407 g/mol. The number of hydrogen-bond donors (Lipinski definition) is 0. The van der Waals surface area contributed by atoms with Crippen LogP contribution in [0.25, 0.3) is 0 Å². The minimum absolute atomic E-state index is 0.00253. The van der Waals surface area contributed by atoms with Crippen LogP contribution >= 0.6 is 11.6 Å². The third-order valence-corrected chi connectivity index (χ3v) is 4.76. The first-order chi connectivity index (χ1) is 12.7. The van der Waals surface area contributed by atoms with Gasteiger partial charge in [-0.05, 0) is 12.1 Å². The zero-order valence-electron chi connectivity index (χ0n) is 13.4. The van der Waals surface area contributed by atoms with Gasteiger partial charge in [0.05, 0.1) is 18.7 Å². The van der Waals surface area contributed by atoms with Gasteiger partial charge in [0.15, 0.2) is 22.5 Å². The number of ether oxygens (including phenoxy) is 2. The van der Waals surface area contributed by atoms with Crippen molar-refractivity contribution >= 4 is 17.4 Å². The third-order valence-electron chi connectivity index (χ3n) is 4.49. The summed E-state index contributed by atoms with van der Waals surface area (Å²) in [6, 6.07) is 1.61. The Morgan fingerprint density at radius 1 is 1.33 bits per heavy atom. The number of amidine groups is 1. The van der Waals surface area contributed by atoms with Crippen LogP contribution in [0.3, 0.4) is 0 Å². The number of aromatic nitrogens is 1. The molecule has 0 aliphatic carbocycles. The number of hydrogen-bond acceptors (Lipinski definition) is 5. The van der Waals surface area contributed by atoms with Crippen LogP contribution in [0.4, 0.5) is 22.0 Å². The first-order valence-corrected chi connectivity index (χ1v) is 8.18. The van der Waals surface area contributed by atoms with E-state index >= 15 is 0 Å². The number of nitrogens with zero attached hydrogens (tertiary/aromatic N) is 3. The highest BCUT2D eigenvalue weighted by atomic mass is 35.5. The number of allylic oxidation sites excluding steroid dienone is 2. The summed E-state index contributed by atoms with van der Waals surface area (Å²) < 4.78 is 74.8. The minimum Gasteiger partial charge on any atom is -0.490 e. The third kappa shape index (κ3) is 3.01. The van der Waals surface area contributed by atoms with E-state index in [0.717, 1.165) is 6.20 Å². The van der Waals surface area contributed by atoms with E-state index in [-0.39, 0.29) is 29.9 Å². The summed E-state index contributed by atoms with van der Waals surface area (Å²) in [7, 11) is 0. The van der Waals surface area contributed by atoms with Crippen LogP contribution in [0, 0.1) is 0 Å². The maximum atomic E-state index is 13.2. The molecule has 1 aromatic rings. The van der Waals surface area contributed by atoms with Gasteiger partial charge in [-0.2, -0.15) is 22.0 Å². The van der Waals surface area contributed by atoms with Crippen molar-refractivity contribution in [2.75, 3.05) is 13.2 Å². The zero-order valence-corrected chi connectivity index (χ0v) is 14.2. The zero-order chi connectivity index (χ0) is 19.4. The smallest absolute Gasteiger partial charge is 0.417 e. The quantitative estimate of drug-likeness (QED) is 0.549. The lowest BCUT2D eigenvalue weighted by molar-refractivity contribution is -0.0981. The van der Waals surface area contributed by atoms with Crippen molar-refractivity contribution in [3.8, 4) is 5.75 Å². The first-order valence-electron chi connectivity index (χ1n) is 7.80. The average Bonchev–Trinajstić information content (AvgIpc) is 2.94. The molecule has 1 spiro atoms. The van der Waals surface area contributed by atoms with Crippen LogP contribution in [0.1, 0.15) is 12.0 Å². The Morgan fingerprint density at radius 2 is 2.11 bits per heavy atom. The topological polar surface area (TPSA) is 47.0 Å². The van der Waals surface area contributed by atoms with Crippen molar-refractivity contribution in [3.63, 3.8) is 0 Å². The molecule has 0 aromatic carbocycles. The predicted octanol–water partition coefficient (Wildman–Crippen LogP) is 4.01. The Labute approximate surface area is 154 Å². The maximum Gasteiger partial charge on any atom is 0.417 e. The van der Waals surface area contributed by atoms with E-state index in [2.05, 4.69) is 14.7 Å². The average molecular weight is 408 g/mol. The predicted molar refractivity (Wildman–Crippen MR) is 84.5 cm³/mol. The molecule has 1 aromatic heterocycles. The normalized spacial score (nSPS) is 24.1. The molecular weight excluding hydrogens is 397 g/mol. The van der Waals surface area contributed by atoms with E-state index in [1.54, 1.807) is 6.07 Å². The lowest BCUT2D eigenvalue weighted by atomic mass is 9.86. The van der Waals surface area contributed by atoms with Crippen LogP contribution in [0.5, 0.6) is 5.75 Å². The molecule has 0 radical (unpaired) electrons. The molecule has 0 bridgehead atoms. The van der Waals surface area contributed by atoms with Gasteiger partial charge >= 0.3 is 12.8 Å². The number of fused-ring (bicyclic) bond motifs is 3. The van der Waals surface area contributed by atoms with Crippen LogP contribution in [0.15, 0.2) is 40.9 Å². The Morgan fingerprint density at radius 3 is 2.81 bits per heavy atom. The van der Waals surface area contributed by atoms with Gasteiger partial charge in [-0.15, -0.1) is 0 Å². The van der Waals surface area contributed by atoms with Crippen molar-refractivity contribution in [1.82, 2.24) is 9.88 Å². The summed E-state index contributed by atoms with van der Waals surface area (Å²) in [6.07, 6.45) is -1.60. The fourth-order valence-electron chi connectivity index (χ4n) is 3.37. The second-order valence-corrected chi connectivity index (χ2v) is 6.50. The maximum absolute atomic E-state index is 13.2. The Kier molecular flexibility index (Phi) is 4.06. The molecule has 27 heavy (non-hydrogen) atoms. The molecule has 11 heteroatoms. The van der Waals surface area contributed by atoms with Crippen LogP contribution in [-0.2, 0) is 10.3 Å². The fourth-order valence-corrected chi connectivity index (χ4v) is 3.59. The highest BCUT2D eigenvalue weighted by Gasteiger charge is 2.48. The molecule has 5 nitrogen and oxygen atoms in total. The molecule has 0 saturated carbocycles. The summed E-state index contributed by atoms with van der Waals surface area (Å²) in [5.41, 5.74) is -1.57. The van der Waals surface area contributed by atoms with E-state index in [9.17, 15) is 22.0 Å². The molecule has 0 saturated heterocycles. The number of pyridine rings is 1. The fraction of sp³-hybridized carbons (Fsp3) is 0.375. The lowest BCUT2D eigenvalue weighted by Crippen LogP contribution is -2.37. The standard InChI is InChI=1S/C16H11ClF5N3O2/c17-12-11-9(1-3-23-12)15(2-4-26-11)7-25-6-8(16(20,21)22)5-10(13(25)24-15)27-14(18)19/h1,3,5-6,14H,2,4,7H2/t15-/m1/s1. The first kappa shape index (κ1) is 18.0. The number of rotatable bonds is 2. The van der Waals surface area contributed by atoms with E-state index in [4.69, 9.17) is 16.3 Å². The van der Waals surface area contributed by atoms with E-state index in [1.807, 2.05) is 0 Å². The SMILES string of the molecule is FC(F)OC1=CC(C(F)(F)F)=CN2C[C@@]3(CCOc4c3ccnc4Cl)N=C12. The van der Waals surface area contributed by atoms with Gasteiger partial charge in [-0.1, -0.05) is 11.6 Å². The number of aliphatic imine (C=N–C) groups is 1. The molecular formula is C16H11ClF5N3O2. The van der Waals surface area contributed by atoms with Crippen LogP contribution in [-0.4, -0.2) is 41.7 Å². The van der Waals surface area contributed by atoms with E-state index in [0.29, 0.717) is 18.1 Å². The lowest BCUT2D eigenvalue weighted by Gasteiger charge is -2.33. The Hall–Kier alpha value is -2.36. The summed E-state index contributed by atoms with van der Waals surface area (Å²) in [6.45, 7) is -3.08. The van der Waals surface area contributed by atoms with E-state index in [1.165, 1.54) is 11.1 Å². The van der Waals surface area contributed by atoms with Gasteiger partial charge in [0.1, 0.15) is 5.54 Å². The minimum atomic E-state index is -4.72. The van der Waals surface area contributed by atoms with Gasteiger partial charge in [0.25, 0.3) is 0 Å². The van der Waals surface area contributed by atoms with Crippen LogP contribution in [0.2, 0.25) is 5.15 Å². The van der Waals surface area contributed by atoms with Crippen LogP contribution < -0.4 is 4.74 Å². The molecule has 4 rings (SSSR count). The van der Waals surface area contributed by atoms with Crippen molar-refractivity contribution in [3.05, 3.63) is 46.6 Å². The van der Waals surface area contributed by atoms with Crippen molar-refractivity contribution in [2.24, 2.45) is 4.99 Å². The van der Waals surface area contributed by atoms with Gasteiger partial charge in [-0.3, -0.25) is 4.99 Å². The Balaban J connectivity index is 1.82. The molecule has 1 atom stereocenters. The molecule has 144 valence electrons. The van der Waals surface area contributed by atoms with Gasteiger partial charge in [0.2, 0.25) is 0 Å². The number of halogens is 6. The highest BCUT2D eigenvalue weighted by molar-refractivity contribution is 6.31. The molecule has 0 unspecified atom stereocenters. The summed E-state index contributed by atoms with van der Waals surface area (Å²) in [5.74, 6) is -0.441. The second-order valence-electron chi connectivity index (χ2n) is 6.14. The van der Waals surface area contributed by atoms with E-state index < -0.39 is 29.7 Å². The number of alkyl halides is 5. The molecule has 3 aliphatic rings. The molecule has 0 fully saturated rings. The Bertz CT molecular complexity index is 883. The molecule has 0 amide bonds. The second kappa shape index (κ2) is 6.08. The summed E-state index contributed by atoms with van der Waals surface area (Å²) >= 11 is 6.04. The highest BCUT2D eigenvalue weighted by Crippen LogP contribution is 2.47.